The molecule has 0 spiro atoms. The van der Waals surface area contributed by atoms with E-state index < -0.39 is 0 Å². The summed E-state index contributed by atoms with van der Waals surface area (Å²) in [6.45, 7) is 1.90. The van der Waals surface area contributed by atoms with E-state index in [4.69, 9.17) is 16.2 Å². The summed E-state index contributed by atoms with van der Waals surface area (Å²) < 4.78 is 5.06. The second-order valence-corrected chi connectivity index (χ2v) is 3.92. The highest BCUT2D eigenvalue weighted by molar-refractivity contribution is 5.80. The van der Waals surface area contributed by atoms with Gasteiger partial charge >= 0.3 is 0 Å². The SMILES string of the molecule is NCCOCC(=O)N1CCCC(C(N)=O)C1. The van der Waals surface area contributed by atoms with Crippen LogP contribution in [0.15, 0.2) is 0 Å². The average molecular weight is 229 g/mol. The van der Waals surface area contributed by atoms with E-state index in [-0.39, 0.29) is 24.3 Å². The second kappa shape index (κ2) is 6.44. The number of hydrogen-bond acceptors (Lipinski definition) is 4. The largest absolute Gasteiger partial charge is 0.370 e. The van der Waals surface area contributed by atoms with E-state index in [1.54, 1.807) is 4.90 Å². The lowest BCUT2D eigenvalue weighted by molar-refractivity contribution is -0.139. The number of nitrogens with zero attached hydrogens (tertiary/aromatic N) is 1. The molecule has 0 aromatic heterocycles. The molecule has 1 heterocycles. The number of hydrogen-bond donors (Lipinski definition) is 2. The van der Waals surface area contributed by atoms with Gasteiger partial charge in [-0.25, -0.2) is 0 Å². The van der Waals surface area contributed by atoms with Crippen LogP contribution in [-0.4, -0.2) is 49.6 Å². The molecule has 16 heavy (non-hydrogen) atoms. The zero-order chi connectivity index (χ0) is 12.0. The third-order valence-corrected chi connectivity index (χ3v) is 2.66. The van der Waals surface area contributed by atoms with Crippen molar-refractivity contribution in [2.45, 2.75) is 12.8 Å². The van der Waals surface area contributed by atoms with Gasteiger partial charge in [0.2, 0.25) is 11.8 Å². The lowest BCUT2D eigenvalue weighted by atomic mass is 9.97. The maximum Gasteiger partial charge on any atom is 0.248 e. The van der Waals surface area contributed by atoms with Crippen molar-refractivity contribution >= 4 is 11.8 Å². The van der Waals surface area contributed by atoms with Gasteiger partial charge in [-0.3, -0.25) is 9.59 Å². The minimum atomic E-state index is -0.333. The maximum atomic E-state index is 11.6. The zero-order valence-corrected chi connectivity index (χ0v) is 9.35. The Bertz CT molecular complexity index is 258. The highest BCUT2D eigenvalue weighted by Gasteiger charge is 2.26. The lowest BCUT2D eigenvalue weighted by Crippen LogP contribution is -2.45. The number of ether oxygens (including phenoxy) is 1. The summed E-state index contributed by atoms with van der Waals surface area (Å²) >= 11 is 0. The van der Waals surface area contributed by atoms with Crippen LogP contribution in [-0.2, 0) is 14.3 Å². The van der Waals surface area contributed by atoms with Crippen LogP contribution < -0.4 is 11.5 Å². The van der Waals surface area contributed by atoms with Gasteiger partial charge in [0.25, 0.3) is 0 Å². The Morgan fingerprint density at radius 2 is 2.19 bits per heavy atom. The molecule has 0 aromatic carbocycles. The fourth-order valence-electron chi connectivity index (χ4n) is 1.77. The maximum absolute atomic E-state index is 11.6. The summed E-state index contributed by atoms with van der Waals surface area (Å²) in [6, 6.07) is 0. The number of likely N-dealkylation sites (tertiary alicyclic amines) is 1. The van der Waals surface area contributed by atoms with Gasteiger partial charge < -0.3 is 21.1 Å². The first-order valence-corrected chi connectivity index (χ1v) is 5.50. The summed E-state index contributed by atoms with van der Waals surface area (Å²) in [5, 5.41) is 0. The van der Waals surface area contributed by atoms with Crippen molar-refractivity contribution in [2.24, 2.45) is 17.4 Å². The minimum absolute atomic E-state index is 0.0304. The van der Waals surface area contributed by atoms with E-state index in [1.807, 2.05) is 0 Å². The molecule has 6 nitrogen and oxygen atoms in total. The monoisotopic (exact) mass is 229 g/mol. The third-order valence-electron chi connectivity index (χ3n) is 2.66. The lowest BCUT2D eigenvalue weighted by Gasteiger charge is -2.31. The molecule has 1 fully saturated rings. The van der Waals surface area contributed by atoms with Crippen LogP contribution in [0.5, 0.6) is 0 Å². The summed E-state index contributed by atoms with van der Waals surface area (Å²) in [6.07, 6.45) is 1.58. The number of rotatable bonds is 5. The van der Waals surface area contributed by atoms with E-state index in [0.29, 0.717) is 26.2 Å². The second-order valence-electron chi connectivity index (χ2n) is 3.92. The quantitative estimate of drug-likeness (QED) is 0.571. The molecule has 0 radical (unpaired) electrons. The molecule has 1 atom stereocenters. The molecule has 4 N–H and O–H groups in total. The molecule has 0 aliphatic carbocycles. The number of amides is 2. The van der Waals surface area contributed by atoms with Gasteiger partial charge in [0.1, 0.15) is 6.61 Å². The molecule has 0 bridgehead atoms. The van der Waals surface area contributed by atoms with Gasteiger partial charge in [-0.05, 0) is 12.8 Å². The Labute approximate surface area is 94.9 Å². The first kappa shape index (κ1) is 12.9. The van der Waals surface area contributed by atoms with Crippen molar-refractivity contribution in [3.05, 3.63) is 0 Å². The van der Waals surface area contributed by atoms with Gasteiger partial charge in [0.05, 0.1) is 12.5 Å². The van der Waals surface area contributed by atoms with Gasteiger partial charge in [-0.1, -0.05) is 0 Å². The van der Waals surface area contributed by atoms with Crippen molar-refractivity contribution in [3.63, 3.8) is 0 Å². The summed E-state index contributed by atoms with van der Waals surface area (Å²) in [5.41, 5.74) is 10.5. The number of carbonyl (C=O) groups excluding carboxylic acids is 2. The molecule has 1 saturated heterocycles. The van der Waals surface area contributed by atoms with Crippen LogP contribution in [0.4, 0.5) is 0 Å². The standard InChI is InChI=1S/C10H19N3O3/c11-3-5-16-7-9(14)13-4-1-2-8(6-13)10(12)15/h8H,1-7,11H2,(H2,12,15). The Morgan fingerprint density at radius 3 is 2.81 bits per heavy atom. The zero-order valence-electron chi connectivity index (χ0n) is 9.35. The Hall–Kier alpha value is -1.14. The van der Waals surface area contributed by atoms with Crippen LogP contribution in [0.1, 0.15) is 12.8 Å². The number of piperidine rings is 1. The Balaban J connectivity index is 2.35. The van der Waals surface area contributed by atoms with Crippen molar-refractivity contribution in [3.8, 4) is 0 Å². The van der Waals surface area contributed by atoms with Gasteiger partial charge in [0, 0.05) is 19.6 Å². The van der Waals surface area contributed by atoms with Gasteiger partial charge in [-0.15, -0.1) is 0 Å². The normalized spacial score (nSPS) is 20.8. The predicted molar refractivity (Wildman–Crippen MR) is 58.4 cm³/mol. The molecule has 1 rings (SSSR count). The number of carbonyl (C=O) groups is 2. The highest BCUT2D eigenvalue weighted by Crippen LogP contribution is 2.15. The van der Waals surface area contributed by atoms with E-state index >= 15 is 0 Å². The van der Waals surface area contributed by atoms with E-state index in [0.717, 1.165) is 12.8 Å². The van der Waals surface area contributed by atoms with E-state index in [2.05, 4.69) is 0 Å². The first-order chi connectivity index (χ1) is 7.65. The molecule has 1 aliphatic rings. The predicted octanol–water partition coefficient (Wildman–Crippen LogP) is -1.31. The fourth-order valence-corrected chi connectivity index (χ4v) is 1.77. The molecule has 0 saturated carbocycles. The Kier molecular flexibility index (Phi) is 5.21. The van der Waals surface area contributed by atoms with Crippen molar-refractivity contribution in [1.29, 1.82) is 0 Å². The van der Waals surface area contributed by atoms with E-state index in [1.165, 1.54) is 0 Å². The highest BCUT2D eigenvalue weighted by atomic mass is 16.5. The molecule has 6 heteroatoms. The van der Waals surface area contributed by atoms with Crippen LogP contribution in [0.25, 0.3) is 0 Å². The Morgan fingerprint density at radius 1 is 1.44 bits per heavy atom. The molecule has 1 unspecified atom stereocenters. The molecule has 92 valence electrons. The molecule has 2 amide bonds. The summed E-state index contributed by atoms with van der Waals surface area (Å²) in [7, 11) is 0. The van der Waals surface area contributed by atoms with Crippen LogP contribution in [0.3, 0.4) is 0 Å². The summed E-state index contributed by atoms with van der Waals surface area (Å²) in [5.74, 6) is -0.646. The summed E-state index contributed by atoms with van der Waals surface area (Å²) in [4.78, 5) is 24.3. The van der Waals surface area contributed by atoms with Crippen molar-refractivity contribution in [1.82, 2.24) is 4.90 Å². The molecular formula is C10H19N3O3. The fraction of sp³-hybridized carbons (Fsp3) is 0.800. The van der Waals surface area contributed by atoms with Crippen LogP contribution >= 0.6 is 0 Å². The smallest absolute Gasteiger partial charge is 0.248 e. The average Bonchev–Trinajstić information content (AvgIpc) is 2.29. The number of nitrogens with two attached hydrogens (primary N) is 2. The van der Waals surface area contributed by atoms with Crippen molar-refractivity contribution in [2.75, 3.05) is 32.8 Å². The topological polar surface area (TPSA) is 98.7 Å². The van der Waals surface area contributed by atoms with Gasteiger partial charge in [-0.2, -0.15) is 0 Å². The third kappa shape index (κ3) is 3.79. The van der Waals surface area contributed by atoms with Crippen LogP contribution in [0.2, 0.25) is 0 Å². The molecule has 1 aliphatic heterocycles. The van der Waals surface area contributed by atoms with E-state index in [9.17, 15) is 9.59 Å². The van der Waals surface area contributed by atoms with Gasteiger partial charge in [0.15, 0.2) is 0 Å². The molecular weight excluding hydrogens is 210 g/mol. The van der Waals surface area contributed by atoms with Crippen molar-refractivity contribution < 1.29 is 14.3 Å². The minimum Gasteiger partial charge on any atom is -0.370 e. The number of primary amides is 1. The van der Waals surface area contributed by atoms with Crippen LogP contribution in [0, 0.1) is 5.92 Å². The first-order valence-electron chi connectivity index (χ1n) is 5.50. The molecule has 0 aromatic rings.